The fourth-order valence-corrected chi connectivity index (χ4v) is 5.38. The average molecular weight is 619 g/mol. The molecule has 0 aliphatic rings. The molecule has 0 bridgehead atoms. The van der Waals surface area contributed by atoms with Gasteiger partial charge >= 0.3 is 0 Å². The first-order valence-corrected chi connectivity index (χ1v) is 15.9. The van der Waals surface area contributed by atoms with Crippen LogP contribution < -0.4 is 9.47 Å². The lowest BCUT2D eigenvalue weighted by Crippen LogP contribution is -2.02. The van der Waals surface area contributed by atoms with Crippen molar-refractivity contribution < 1.29 is 9.47 Å². The highest BCUT2D eigenvalue weighted by atomic mass is 35.5. The quantitative estimate of drug-likeness (QED) is 0.123. The molecule has 0 fully saturated rings. The van der Waals surface area contributed by atoms with E-state index in [0.29, 0.717) is 56.2 Å². The maximum absolute atomic E-state index is 6.68. The Balaban J connectivity index is 2.10. The third kappa shape index (κ3) is 10.3. The van der Waals surface area contributed by atoms with E-state index in [1.54, 1.807) is 6.07 Å². The second-order valence-electron chi connectivity index (χ2n) is 10.1. The minimum atomic E-state index is 0.354. The van der Waals surface area contributed by atoms with Crippen LogP contribution in [0.5, 0.6) is 11.5 Å². The summed E-state index contributed by atoms with van der Waals surface area (Å²) in [5, 5.41) is 10.3. The number of azo groups is 1. The molecule has 39 heavy (non-hydrogen) atoms. The Morgan fingerprint density at radius 1 is 0.564 bits per heavy atom. The highest BCUT2D eigenvalue weighted by molar-refractivity contribution is 6.40. The minimum absolute atomic E-state index is 0.354. The second kappa shape index (κ2) is 18.3. The summed E-state index contributed by atoms with van der Waals surface area (Å²) in [7, 11) is 0. The van der Waals surface area contributed by atoms with Crippen molar-refractivity contribution in [1.82, 2.24) is 0 Å². The van der Waals surface area contributed by atoms with E-state index in [0.717, 1.165) is 42.4 Å². The normalized spacial score (nSPS) is 11.5. The predicted molar refractivity (Wildman–Crippen MR) is 169 cm³/mol. The van der Waals surface area contributed by atoms with Gasteiger partial charge < -0.3 is 9.47 Å². The van der Waals surface area contributed by atoms with Gasteiger partial charge in [0.2, 0.25) is 0 Å². The van der Waals surface area contributed by atoms with Crippen LogP contribution in [0, 0.1) is 20.8 Å². The highest BCUT2D eigenvalue weighted by Gasteiger charge is 2.20. The maximum atomic E-state index is 6.68. The fraction of sp³-hybridized carbons (Fsp3) is 0.613. The van der Waals surface area contributed by atoms with Crippen LogP contribution in [0.1, 0.15) is 108 Å². The van der Waals surface area contributed by atoms with Gasteiger partial charge in [-0.25, -0.2) is 0 Å². The van der Waals surface area contributed by atoms with Crippen LogP contribution in [0.15, 0.2) is 16.3 Å². The second-order valence-corrected chi connectivity index (χ2v) is 11.7. The largest absolute Gasteiger partial charge is 0.493 e. The predicted octanol–water partition coefficient (Wildman–Crippen LogP) is 13.1. The number of hydrogen-bond acceptors (Lipinski definition) is 4. The molecule has 0 atom stereocenters. The van der Waals surface area contributed by atoms with Gasteiger partial charge in [0.25, 0.3) is 0 Å². The summed E-state index contributed by atoms with van der Waals surface area (Å²) in [5.74, 6) is 1.36. The van der Waals surface area contributed by atoms with E-state index in [9.17, 15) is 0 Å². The Morgan fingerprint density at radius 3 is 1.54 bits per heavy atom. The highest BCUT2D eigenvalue weighted by Crippen LogP contribution is 2.46. The van der Waals surface area contributed by atoms with Crippen molar-refractivity contribution in [1.29, 1.82) is 0 Å². The van der Waals surface area contributed by atoms with Gasteiger partial charge in [0, 0.05) is 22.8 Å². The molecule has 0 aromatic heterocycles. The van der Waals surface area contributed by atoms with Crippen molar-refractivity contribution in [2.24, 2.45) is 10.2 Å². The van der Waals surface area contributed by atoms with Gasteiger partial charge in [-0.3, -0.25) is 0 Å². The van der Waals surface area contributed by atoms with Gasteiger partial charge in [0.05, 0.1) is 33.3 Å². The molecular weight excluding hydrogens is 574 g/mol. The number of halogens is 4. The van der Waals surface area contributed by atoms with E-state index in [-0.39, 0.29) is 0 Å². The van der Waals surface area contributed by atoms with Gasteiger partial charge in [-0.1, -0.05) is 124 Å². The Labute approximate surface area is 255 Å². The van der Waals surface area contributed by atoms with Crippen LogP contribution >= 0.6 is 46.4 Å². The Bertz CT molecular complexity index is 1060. The lowest BCUT2D eigenvalue weighted by atomic mass is 10.1. The molecule has 4 nitrogen and oxygen atoms in total. The van der Waals surface area contributed by atoms with Crippen LogP contribution in [0.3, 0.4) is 0 Å². The molecule has 0 aliphatic carbocycles. The summed E-state index contributed by atoms with van der Waals surface area (Å²) in [6.07, 6.45) is 14.3. The monoisotopic (exact) mass is 616 g/mol. The summed E-state index contributed by atoms with van der Waals surface area (Å²) >= 11 is 26.5. The molecule has 2 aromatic carbocycles. The smallest absolute Gasteiger partial charge is 0.128 e. The van der Waals surface area contributed by atoms with Gasteiger partial charge in [-0.2, -0.15) is 0 Å². The van der Waals surface area contributed by atoms with Crippen molar-refractivity contribution in [2.75, 3.05) is 13.2 Å². The van der Waals surface area contributed by atoms with Crippen molar-refractivity contribution in [3.05, 3.63) is 42.8 Å². The zero-order valence-corrected chi connectivity index (χ0v) is 27.2. The molecule has 0 N–H and O–H groups in total. The topological polar surface area (TPSA) is 43.2 Å². The molecule has 0 unspecified atom stereocenters. The zero-order chi connectivity index (χ0) is 28.8. The Morgan fingerprint density at radius 2 is 1.00 bits per heavy atom. The van der Waals surface area contributed by atoms with E-state index < -0.39 is 0 Å². The number of hydrogen-bond donors (Lipinski definition) is 0. The van der Waals surface area contributed by atoms with E-state index >= 15 is 0 Å². The molecular formula is C31H44Cl4N2O2. The van der Waals surface area contributed by atoms with Crippen molar-refractivity contribution in [3.8, 4) is 11.5 Å². The minimum Gasteiger partial charge on any atom is -0.493 e. The van der Waals surface area contributed by atoms with Crippen LogP contribution in [-0.2, 0) is 0 Å². The van der Waals surface area contributed by atoms with Crippen LogP contribution in [0.2, 0.25) is 20.1 Å². The first kappa shape index (κ1) is 34.0. The summed E-state index contributed by atoms with van der Waals surface area (Å²) in [6.45, 7) is 11.4. The summed E-state index contributed by atoms with van der Waals surface area (Å²) in [6, 6.07) is 1.74. The molecule has 0 saturated carbocycles. The van der Waals surface area contributed by atoms with Gasteiger partial charge in [-0.15, -0.1) is 10.2 Å². The molecule has 218 valence electrons. The maximum Gasteiger partial charge on any atom is 0.128 e. The lowest BCUT2D eigenvalue weighted by Gasteiger charge is -2.17. The lowest BCUT2D eigenvalue weighted by molar-refractivity contribution is 0.300. The molecule has 8 heteroatoms. The standard InChI is InChI=1S/C31H44Cl4N2O2/c1-6-8-10-12-14-16-18-38-25-20-24(32)29(26(33)21(25)3)36-37-30-27(34)22(4)31(23(5)28(30)35)39-19-17-15-13-11-9-7-2/h20H,6-19H2,1-5H3. The third-order valence-corrected chi connectivity index (χ3v) is 8.57. The molecule has 0 radical (unpaired) electrons. The molecule has 0 heterocycles. The first-order chi connectivity index (χ1) is 18.7. The third-order valence-electron chi connectivity index (χ3n) is 6.90. The van der Waals surface area contributed by atoms with Gasteiger partial charge in [0.15, 0.2) is 0 Å². The van der Waals surface area contributed by atoms with Crippen molar-refractivity contribution in [2.45, 2.75) is 112 Å². The summed E-state index contributed by atoms with van der Waals surface area (Å²) in [4.78, 5) is 0. The van der Waals surface area contributed by atoms with Crippen LogP contribution in [0.25, 0.3) is 0 Å². The molecule has 0 saturated heterocycles. The Hall–Kier alpha value is -1.20. The number of nitrogens with zero attached hydrogens (tertiary/aromatic N) is 2. The molecule has 2 aromatic rings. The SMILES string of the molecule is CCCCCCCCOc1cc(Cl)c(N=Nc2c(Cl)c(C)c(OCCCCCCCC)c(C)c2Cl)c(Cl)c1C. The van der Waals surface area contributed by atoms with E-state index in [1.807, 2.05) is 20.8 Å². The molecule has 0 aliphatic heterocycles. The molecule has 2 rings (SSSR count). The number of benzene rings is 2. The number of rotatable bonds is 18. The summed E-state index contributed by atoms with van der Waals surface area (Å²) < 4.78 is 12.1. The fourth-order valence-electron chi connectivity index (χ4n) is 4.38. The van der Waals surface area contributed by atoms with E-state index in [4.69, 9.17) is 55.9 Å². The van der Waals surface area contributed by atoms with Crippen molar-refractivity contribution in [3.63, 3.8) is 0 Å². The average Bonchev–Trinajstić information content (AvgIpc) is 2.92. The van der Waals surface area contributed by atoms with Crippen LogP contribution in [-0.4, -0.2) is 13.2 Å². The first-order valence-electron chi connectivity index (χ1n) is 14.4. The van der Waals surface area contributed by atoms with Gasteiger partial charge in [0.1, 0.15) is 22.9 Å². The number of ether oxygens (including phenoxy) is 2. The van der Waals surface area contributed by atoms with Crippen molar-refractivity contribution >= 4 is 57.8 Å². The van der Waals surface area contributed by atoms with Crippen LogP contribution in [0.4, 0.5) is 11.4 Å². The van der Waals surface area contributed by atoms with E-state index in [2.05, 4.69) is 24.1 Å². The Kier molecular flexibility index (Phi) is 15.9. The zero-order valence-electron chi connectivity index (χ0n) is 24.2. The molecule has 0 amide bonds. The van der Waals surface area contributed by atoms with E-state index in [1.165, 1.54) is 51.4 Å². The van der Waals surface area contributed by atoms with Gasteiger partial charge in [-0.05, 0) is 33.6 Å². The molecule has 0 spiro atoms. The summed E-state index contributed by atoms with van der Waals surface area (Å²) in [5.41, 5.74) is 3.06. The number of unbranched alkanes of at least 4 members (excludes halogenated alkanes) is 10.